The molecule has 0 spiro atoms. The Kier molecular flexibility index (Phi) is 5.89. The lowest BCUT2D eigenvalue weighted by Gasteiger charge is -2.30. The molecule has 0 saturated heterocycles. The van der Waals surface area contributed by atoms with E-state index in [9.17, 15) is 8.42 Å². The van der Waals surface area contributed by atoms with E-state index in [1.165, 1.54) is 6.42 Å². The highest BCUT2D eigenvalue weighted by molar-refractivity contribution is 7.89. The average Bonchev–Trinajstić information content (AvgIpc) is 2.36. The summed E-state index contributed by atoms with van der Waals surface area (Å²) in [7, 11) is -3.10. The first-order valence-electron chi connectivity index (χ1n) is 6.71. The lowest BCUT2D eigenvalue weighted by Crippen LogP contribution is -2.42. The van der Waals surface area contributed by atoms with Gasteiger partial charge in [0.2, 0.25) is 10.0 Å². The molecule has 0 aliphatic heterocycles. The monoisotopic (exact) mass is 262 g/mol. The summed E-state index contributed by atoms with van der Waals surface area (Å²) in [6, 6.07) is 0. The van der Waals surface area contributed by atoms with Gasteiger partial charge in [-0.1, -0.05) is 33.1 Å². The molecule has 0 heterocycles. The molecule has 1 aliphatic rings. The molecule has 0 bridgehead atoms. The van der Waals surface area contributed by atoms with Crippen molar-refractivity contribution in [2.24, 2.45) is 11.7 Å². The molecule has 0 aromatic carbocycles. The molecule has 0 amide bonds. The fourth-order valence-corrected chi connectivity index (χ4v) is 4.58. The van der Waals surface area contributed by atoms with Gasteiger partial charge in [-0.15, -0.1) is 0 Å². The topological polar surface area (TPSA) is 63.4 Å². The maximum Gasteiger partial charge on any atom is 0.216 e. The van der Waals surface area contributed by atoms with Crippen molar-refractivity contribution in [3.8, 4) is 0 Å². The molecule has 1 aliphatic carbocycles. The molecule has 102 valence electrons. The molecule has 2 N–H and O–H groups in total. The van der Waals surface area contributed by atoms with Gasteiger partial charge in [0.15, 0.2) is 0 Å². The van der Waals surface area contributed by atoms with Gasteiger partial charge >= 0.3 is 0 Å². The van der Waals surface area contributed by atoms with Crippen molar-refractivity contribution >= 4 is 10.0 Å². The van der Waals surface area contributed by atoms with Crippen LogP contribution in [0.5, 0.6) is 0 Å². The Morgan fingerprint density at radius 1 is 1.29 bits per heavy atom. The molecule has 0 aromatic rings. The molecular weight excluding hydrogens is 236 g/mol. The number of hydrogen-bond acceptors (Lipinski definition) is 3. The second-order valence-electron chi connectivity index (χ2n) is 5.10. The van der Waals surface area contributed by atoms with Gasteiger partial charge in [-0.3, -0.25) is 0 Å². The maximum absolute atomic E-state index is 12.5. The number of hydrogen-bond donors (Lipinski definition) is 1. The van der Waals surface area contributed by atoms with E-state index >= 15 is 0 Å². The Hall–Kier alpha value is -0.130. The van der Waals surface area contributed by atoms with Crippen molar-refractivity contribution in [3.63, 3.8) is 0 Å². The summed E-state index contributed by atoms with van der Waals surface area (Å²) in [4.78, 5) is 0. The largest absolute Gasteiger partial charge is 0.330 e. The molecule has 1 rings (SSSR count). The van der Waals surface area contributed by atoms with Gasteiger partial charge < -0.3 is 5.73 Å². The second kappa shape index (κ2) is 6.71. The van der Waals surface area contributed by atoms with E-state index in [1.807, 2.05) is 13.8 Å². The van der Waals surface area contributed by atoms with Crippen LogP contribution < -0.4 is 5.73 Å². The summed E-state index contributed by atoms with van der Waals surface area (Å²) in [5, 5.41) is -0.152. The fourth-order valence-electron chi connectivity index (χ4n) is 2.41. The van der Waals surface area contributed by atoms with E-state index < -0.39 is 10.0 Å². The molecule has 1 saturated carbocycles. The fraction of sp³-hybridized carbons (Fsp3) is 1.00. The van der Waals surface area contributed by atoms with Gasteiger partial charge in [-0.25, -0.2) is 12.7 Å². The standard InChI is InChI=1S/C12H26N2O2S/c1-3-14(10-11(2)9-13)17(15,16)12-7-5-4-6-8-12/h11-12H,3-10,13H2,1-2H3. The van der Waals surface area contributed by atoms with Crippen LogP contribution in [0.25, 0.3) is 0 Å². The smallest absolute Gasteiger partial charge is 0.216 e. The van der Waals surface area contributed by atoms with E-state index in [1.54, 1.807) is 4.31 Å². The summed E-state index contributed by atoms with van der Waals surface area (Å²) in [6.07, 6.45) is 4.94. The zero-order valence-electron chi connectivity index (χ0n) is 11.1. The van der Waals surface area contributed by atoms with Gasteiger partial charge in [0, 0.05) is 13.1 Å². The summed E-state index contributed by atoms with van der Waals surface area (Å²) in [6.45, 7) is 5.56. The number of sulfonamides is 1. The highest BCUT2D eigenvalue weighted by Gasteiger charge is 2.32. The van der Waals surface area contributed by atoms with Gasteiger partial charge in [0.25, 0.3) is 0 Å². The molecule has 17 heavy (non-hydrogen) atoms. The highest BCUT2D eigenvalue weighted by Crippen LogP contribution is 2.26. The third-order valence-corrected chi connectivity index (χ3v) is 6.04. The first-order chi connectivity index (χ1) is 8.02. The van der Waals surface area contributed by atoms with Crippen LogP contribution in [0.4, 0.5) is 0 Å². The van der Waals surface area contributed by atoms with Crippen molar-refractivity contribution in [2.45, 2.75) is 51.2 Å². The van der Waals surface area contributed by atoms with Crippen LogP contribution in [0.3, 0.4) is 0 Å². The van der Waals surface area contributed by atoms with Crippen LogP contribution in [0.1, 0.15) is 46.0 Å². The molecule has 1 unspecified atom stereocenters. The van der Waals surface area contributed by atoms with Gasteiger partial charge in [0.1, 0.15) is 0 Å². The minimum Gasteiger partial charge on any atom is -0.330 e. The first-order valence-corrected chi connectivity index (χ1v) is 8.21. The minimum atomic E-state index is -3.10. The predicted octanol–water partition coefficient (Wildman–Crippen LogP) is 1.57. The number of nitrogens with two attached hydrogens (primary N) is 1. The van der Waals surface area contributed by atoms with Crippen molar-refractivity contribution in [1.29, 1.82) is 0 Å². The molecule has 5 heteroatoms. The van der Waals surface area contributed by atoms with Gasteiger partial charge in [0.05, 0.1) is 5.25 Å². The zero-order chi connectivity index (χ0) is 12.9. The highest BCUT2D eigenvalue weighted by atomic mass is 32.2. The van der Waals surface area contributed by atoms with Gasteiger partial charge in [-0.05, 0) is 25.3 Å². The average molecular weight is 262 g/mol. The van der Waals surface area contributed by atoms with Crippen LogP contribution in [-0.2, 0) is 10.0 Å². The Morgan fingerprint density at radius 3 is 2.35 bits per heavy atom. The van der Waals surface area contributed by atoms with Crippen LogP contribution in [0.2, 0.25) is 0 Å². The summed E-state index contributed by atoms with van der Waals surface area (Å²) < 4.78 is 26.5. The first kappa shape index (κ1) is 14.9. The lowest BCUT2D eigenvalue weighted by molar-refractivity contribution is 0.356. The third kappa shape index (κ3) is 3.93. The molecule has 0 radical (unpaired) electrons. The number of rotatable bonds is 6. The van der Waals surface area contributed by atoms with Crippen molar-refractivity contribution < 1.29 is 8.42 Å². The predicted molar refractivity (Wildman–Crippen MR) is 71.3 cm³/mol. The van der Waals surface area contributed by atoms with E-state index in [0.717, 1.165) is 25.7 Å². The van der Waals surface area contributed by atoms with E-state index in [2.05, 4.69) is 0 Å². The zero-order valence-corrected chi connectivity index (χ0v) is 11.9. The summed E-state index contributed by atoms with van der Waals surface area (Å²) in [5.74, 6) is 0.230. The maximum atomic E-state index is 12.5. The Labute approximate surface area is 106 Å². The molecule has 0 aromatic heterocycles. The van der Waals surface area contributed by atoms with Crippen LogP contribution >= 0.6 is 0 Å². The van der Waals surface area contributed by atoms with E-state index in [-0.39, 0.29) is 11.2 Å². The quantitative estimate of drug-likeness (QED) is 0.790. The minimum absolute atomic E-state index is 0.152. The Morgan fingerprint density at radius 2 is 1.88 bits per heavy atom. The van der Waals surface area contributed by atoms with E-state index in [0.29, 0.717) is 19.6 Å². The van der Waals surface area contributed by atoms with E-state index in [4.69, 9.17) is 5.73 Å². The normalized spacial score (nSPS) is 20.7. The SMILES string of the molecule is CCN(CC(C)CN)S(=O)(=O)C1CCCCC1. The second-order valence-corrected chi connectivity index (χ2v) is 7.31. The van der Waals surface area contributed by atoms with Crippen LogP contribution in [-0.4, -0.2) is 37.6 Å². The molecule has 4 nitrogen and oxygen atoms in total. The van der Waals surface area contributed by atoms with Gasteiger partial charge in [-0.2, -0.15) is 0 Å². The van der Waals surface area contributed by atoms with Crippen LogP contribution in [0.15, 0.2) is 0 Å². The Bertz CT molecular complexity index is 310. The summed E-state index contributed by atoms with van der Waals surface area (Å²) >= 11 is 0. The van der Waals surface area contributed by atoms with Crippen LogP contribution in [0, 0.1) is 5.92 Å². The molecule has 1 fully saturated rings. The number of nitrogens with zero attached hydrogens (tertiary/aromatic N) is 1. The molecular formula is C12H26N2O2S. The summed E-state index contributed by atoms with van der Waals surface area (Å²) in [5.41, 5.74) is 5.58. The third-order valence-electron chi connectivity index (χ3n) is 3.60. The van der Waals surface area contributed by atoms with Crippen molar-refractivity contribution in [3.05, 3.63) is 0 Å². The van der Waals surface area contributed by atoms with Crippen molar-refractivity contribution in [2.75, 3.05) is 19.6 Å². The lowest BCUT2D eigenvalue weighted by atomic mass is 10.0. The Balaban J connectivity index is 2.70. The molecule has 1 atom stereocenters. The van der Waals surface area contributed by atoms with Crippen molar-refractivity contribution in [1.82, 2.24) is 4.31 Å².